The Bertz CT molecular complexity index is 1320. The van der Waals surface area contributed by atoms with Crippen molar-refractivity contribution in [1.29, 1.82) is 0 Å². The summed E-state index contributed by atoms with van der Waals surface area (Å²) < 4.78 is 43.9. The van der Waals surface area contributed by atoms with E-state index in [-0.39, 0.29) is 21.7 Å². The molecule has 5 rings (SSSR count). The maximum Gasteiger partial charge on any atom is 0.240 e. The number of sulfone groups is 1. The molecule has 2 aromatic heterocycles. The Labute approximate surface area is 189 Å². The highest BCUT2D eigenvalue weighted by atomic mass is 32.2. The van der Waals surface area contributed by atoms with Crippen LogP contribution in [-0.4, -0.2) is 33.2 Å². The Balaban J connectivity index is 1.48. The Hall–Kier alpha value is -3.30. The minimum Gasteiger partial charge on any atom is -0.486 e. The van der Waals surface area contributed by atoms with Gasteiger partial charge in [-0.2, -0.15) is 4.98 Å². The molecule has 0 bridgehead atoms. The first kappa shape index (κ1) is 20.6. The minimum atomic E-state index is -3.97. The first-order valence-corrected chi connectivity index (χ1v) is 12.4. The smallest absolute Gasteiger partial charge is 0.240 e. The van der Waals surface area contributed by atoms with Gasteiger partial charge in [-0.05, 0) is 35.6 Å². The molecular formula is C23H20N2O5S2. The molecule has 9 heteroatoms. The summed E-state index contributed by atoms with van der Waals surface area (Å²) in [5, 5.41) is 4.86. The van der Waals surface area contributed by atoms with Crippen LogP contribution in [0.15, 0.2) is 80.4 Å². The number of anilines is 1. The normalized spacial score (nSPS) is 13.1. The van der Waals surface area contributed by atoms with Gasteiger partial charge in [-0.1, -0.05) is 36.4 Å². The van der Waals surface area contributed by atoms with Crippen molar-refractivity contribution < 1.29 is 22.3 Å². The van der Waals surface area contributed by atoms with Crippen molar-refractivity contribution in [1.82, 2.24) is 4.98 Å². The van der Waals surface area contributed by atoms with Crippen LogP contribution in [0.4, 0.5) is 5.88 Å². The Kier molecular flexibility index (Phi) is 5.59. The highest BCUT2D eigenvalue weighted by Crippen LogP contribution is 2.37. The van der Waals surface area contributed by atoms with Crippen molar-refractivity contribution in [2.75, 3.05) is 25.1 Å². The van der Waals surface area contributed by atoms with Crippen LogP contribution in [0.3, 0.4) is 0 Å². The van der Waals surface area contributed by atoms with Crippen molar-refractivity contribution in [3.8, 4) is 22.3 Å². The molecule has 0 saturated carbocycles. The fourth-order valence-electron chi connectivity index (χ4n) is 3.37. The third-order valence-electron chi connectivity index (χ3n) is 4.95. The molecule has 1 aliphatic rings. The van der Waals surface area contributed by atoms with E-state index in [4.69, 9.17) is 13.9 Å². The van der Waals surface area contributed by atoms with E-state index in [1.54, 1.807) is 6.07 Å². The van der Waals surface area contributed by atoms with Crippen LogP contribution in [0, 0.1) is 0 Å². The lowest BCUT2D eigenvalue weighted by Gasteiger charge is -2.18. The molecule has 3 heterocycles. The first-order chi connectivity index (χ1) is 15.6. The minimum absolute atomic E-state index is 0.0684. The van der Waals surface area contributed by atoms with Gasteiger partial charge in [-0.3, -0.25) is 0 Å². The standard InChI is InChI=1S/C23H20N2O5S2/c26-32(27,17-8-9-18-19(15-17)29-13-12-28-18)23-22(24-11-10-16-5-2-1-3-6-16)30-21(25-23)20-7-4-14-31-20/h1-9,14-15,24H,10-13H2. The molecule has 1 N–H and O–H groups in total. The topological polar surface area (TPSA) is 90.7 Å². The molecular weight excluding hydrogens is 448 g/mol. The SMILES string of the molecule is O=S(=O)(c1ccc2c(c1)OCCO2)c1nc(-c2cccs2)oc1NCCc1ccccc1. The highest BCUT2D eigenvalue weighted by molar-refractivity contribution is 7.91. The lowest BCUT2D eigenvalue weighted by Crippen LogP contribution is -2.16. The zero-order chi connectivity index (χ0) is 22.0. The lowest BCUT2D eigenvalue weighted by atomic mass is 10.1. The van der Waals surface area contributed by atoms with E-state index in [1.807, 2.05) is 47.8 Å². The predicted molar refractivity (Wildman–Crippen MR) is 121 cm³/mol. The predicted octanol–water partition coefficient (Wildman–Crippen LogP) is 4.66. The number of benzene rings is 2. The molecule has 2 aromatic carbocycles. The molecule has 0 radical (unpaired) electrons. The molecule has 0 spiro atoms. The fourth-order valence-corrected chi connectivity index (χ4v) is 5.32. The third kappa shape index (κ3) is 4.09. The summed E-state index contributed by atoms with van der Waals surface area (Å²) in [6.45, 7) is 1.30. The molecule has 0 aliphatic carbocycles. The Morgan fingerprint density at radius 1 is 0.969 bits per heavy atom. The van der Waals surface area contributed by atoms with Crippen LogP contribution in [0.25, 0.3) is 10.8 Å². The number of hydrogen-bond donors (Lipinski definition) is 1. The van der Waals surface area contributed by atoms with Gasteiger partial charge < -0.3 is 19.2 Å². The molecule has 32 heavy (non-hydrogen) atoms. The van der Waals surface area contributed by atoms with E-state index >= 15 is 0 Å². The third-order valence-corrected chi connectivity index (χ3v) is 7.47. The number of oxazole rings is 1. The quantitative estimate of drug-likeness (QED) is 0.422. The Morgan fingerprint density at radius 3 is 2.56 bits per heavy atom. The van der Waals surface area contributed by atoms with Crippen LogP contribution < -0.4 is 14.8 Å². The zero-order valence-corrected chi connectivity index (χ0v) is 18.6. The number of rotatable bonds is 7. The molecule has 0 atom stereocenters. The summed E-state index contributed by atoms with van der Waals surface area (Å²) in [6.07, 6.45) is 0.708. The van der Waals surface area contributed by atoms with E-state index in [0.29, 0.717) is 37.7 Å². The molecule has 1 aliphatic heterocycles. The van der Waals surface area contributed by atoms with Crippen molar-refractivity contribution >= 4 is 27.1 Å². The van der Waals surface area contributed by atoms with Crippen molar-refractivity contribution in [2.24, 2.45) is 0 Å². The number of fused-ring (bicyclic) bond motifs is 1. The lowest BCUT2D eigenvalue weighted by molar-refractivity contribution is 0.171. The monoisotopic (exact) mass is 468 g/mol. The van der Waals surface area contributed by atoms with E-state index in [9.17, 15) is 8.42 Å². The largest absolute Gasteiger partial charge is 0.486 e. The average molecular weight is 469 g/mol. The fraction of sp³-hybridized carbons (Fsp3) is 0.174. The van der Waals surface area contributed by atoms with Crippen LogP contribution in [0.1, 0.15) is 5.56 Å². The average Bonchev–Trinajstić information content (AvgIpc) is 3.50. The van der Waals surface area contributed by atoms with Gasteiger partial charge in [0.15, 0.2) is 11.5 Å². The summed E-state index contributed by atoms with van der Waals surface area (Å²) >= 11 is 1.43. The summed E-state index contributed by atoms with van der Waals surface area (Å²) in [4.78, 5) is 5.18. The van der Waals surface area contributed by atoms with Gasteiger partial charge in [-0.25, -0.2) is 8.42 Å². The molecule has 4 aromatic rings. The van der Waals surface area contributed by atoms with Gasteiger partial charge in [0.05, 0.1) is 9.77 Å². The van der Waals surface area contributed by atoms with Crippen molar-refractivity contribution in [2.45, 2.75) is 16.3 Å². The second-order valence-electron chi connectivity index (χ2n) is 7.10. The summed E-state index contributed by atoms with van der Waals surface area (Å²) in [5.41, 5.74) is 1.13. The number of ether oxygens (including phenoxy) is 2. The molecule has 164 valence electrons. The number of aromatic nitrogens is 1. The number of nitrogens with zero attached hydrogens (tertiary/aromatic N) is 1. The van der Waals surface area contributed by atoms with Gasteiger partial charge in [0.1, 0.15) is 13.2 Å². The van der Waals surface area contributed by atoms with Crippen LogP contribution in [0.2, 0.25) is 0 Å². The van der Waals surface area contributed by atoms with Crippen LogP contribution in [-0.2, 0) is 16.3 Å². The van der Waals surface area contributed by atoms with Crippen LogP contribution in [0.5, 0.6) is 11.5 Å². The summed E-state index contributed by atoms with van der Waals surface area (Å²) in [5.74, 6) is 1.31. The first-order valence-electron chi connectivity index (χ1n) is 10.1. The van der Waals surface area contributed by atoms with Gasteiger partial charge in [0, 0.05) is 12.6 Å². The molecule has 0 amide bonds. The molecule has 0 fully saturated rings. The second-order valence-corrected chi connectivity index (χ2v) is 9.91. The number of thiophene rings is 1. The second kappa shape index (κ2) is 8.68. The number of nitrogens with one attached hydrogen (secondary N) is 1. The molecule has 0 saturated heterocycles. The maximum absolute atomic E-state index is 13.5. The van der Waals surface area contributed by atoms with Gasteiger partial charge in [0.25, 0.3) is 0 Å². The maximum atomic E-state index is 13.5. The Morgan fingerprint density at radius 2 is 1.78 bits per heavy atom. The zero-order valence-electron chi connectivity index (χ0n) is 17.0. The van der Waals surface area contributed by atoms with E-state index < -0.39 is 9.84 Å². The molecule has 7 nitrogen and oxygen atoms in total. The van der Waals surface area contributed by atoms with Crippen molar-refractivity contribution in [3.05, 3.63) is 71.6 Å². The number of hydrogen-bond acceptors (Lipinski definition) is 8. The summed E-state index contributed by atoms with van der Waals surface area (Å²) in [6, 6.07) is 18.2. The van der Waals surface area contributed by atoms with E-state index in [2.05, 4.69) is 10.3 Å². The van der Waals surface area contributed by atoms with Gasteiger partial charge >= 0.3 is 0 Å². The van der Waals surface area contributed by atoms with Gasteiger partial charge in [0.2, 0.25) is 26.6 Å². The summed E-state index contributed by atoms with van der Waals surface area (Å²) in [7, 11) is -3.97. The van der Waals surface area contributed by atoms with E-state index in [0.717, 1.165) is 10.4 Å². The van der Waals surface area contributed by atoms with Gasteiger partial charge in [-0.15, -0.1) is 11.3 Å². The highest BCUT2D eigenvalue weighted by Gasteiger charge is 2.30. The molecule has 0 unspecified atom stereocenters. The van der Waals surface area contributed by atoms with Crippen LogP contribution >= 0.6 is 11.3 Å². The van der Waals surface area contributed by atoms with Crippen molar-refractivity contribution in [3.63, 3.8) is 0 Å². The van der Waals surface area contributed by atoms with E-state index in [1.165, 1.54) is 23.5 Å².